The van der Waals surface area contributed by atoms with Crippen molar-refractivity contribution in [3.63, 3.8) is 0 Å². The molecule has 1 amide bonds. The van der Waals surface area contributed by atoms with Crippen molar-refractivity contribution in [3.05, 3.63) is 36.4 Å². The van der Waals surface area contributed by atoms with Crippen LogP contribution in [0.3, 0.4) is 0 Å². The van der Waals surface area contributed by atoms with Crippen LogP contribution >= 0.6 is 0 Å². The van der Waals surface area contributed by atoms with Gasteiger partial charge in [0.15, 0.2) is 0 Å². The van der Waals surface area contributed by atoms with E-state index in [1.807, 2.05) is 37.3 Å². The molecular weight excluding hydrogens is 290 g/mol. The molecule has 0 saturated heterocycles. The van der Waals surface area contributed by atoms with E-state index >= 15 is 0 Å². The predicted octanol–water partition coefficient (Wildman–Crippen LogP) is 4.18. The van der Waals surface area contributed by atoms with Crippen molar-refractivity contribution in [1.29, 1.82) is 0 Å². The number of fused-ring (bicyclic) bond motifs is 1. The number of benzene rings is 2. The molecule has 122 valence electrons. The second-order valence-electron chi connectivity index (χ2n) is 5.78. The van der Waals surface area contributed by atoms with Crippen molar-refractivity contribution in [2.75, 3.05) is 12.4 Å². The van der Waals surface area contributed by atoms with Gasteiger partial charge in [-0.25, -0.2) is 0 Å². The lowest BCUT2D eigenvalue weighted by Gasteiger charge is -2.14. The quantitative estimate of drug-likeness (QED) is 0.834. The van der Waals surface area contributed by atoms with Crippen LogP contribution in [0.5, 0.6) is 5.75 Å². The van der Waals surface area contributed by atoms with E-state index in [1.165, 1.54) is 0 Å². The maximum atomic E-state index is 12.3. The fourth-order valence-electron chi connectivity index (χ4n) is 2.60. The number of methoxy groups -OCH3 is 1. The molecule has 0 unspecified atom stereocenters. The Morgan fingerprint density at radius 2 is 1.96 bits per heavy atom. The maximum absolute atomic E-state index is 12.3. The lowest BCUT2D eigenvalue weighted by molar-refractivity contribution is -0.125. The van der Waals surface area contributed by atoms with E-state index in [9.17, 15) is 9.59 Å². The smallest absolute Gasteiger partial charge is 0.227 e. The first-order valence-electron chi connectivity index (χ1n) is 7.94. The number of carbonyl (C=O) groups excluding carboxylic acids is 2. The summed E-state index contributed by atoms with van der Waals surface area (Å²) in [5.74, 6) is 0.359. The minimum atomic E-state index is -0.341. The van der Waals surface area contributed by atoms with Gasteiger partial charge in [-0.2, -0.15) is 0 Å². The number of hydrogen-bond donors (Lipinski definition) is 1. The molecule has 2 aromatic rings. The summed E-state index contributed by atoms with van der Waals surface area (Å²) in [7, 11) is 1.61. The van der Waals surface area contributed by atoms with E-state index in [-0.39, 0.29) is 24.0 Å². The number of hydrogen-bond acceptors (Lipinski definition) is 3. The van der Waals surface area contributed by atoms with Gasteiger partial charge in [-0.15, -0.1) is 0 Å². The van der Waals surface area contributed by atoms with Crippen LogP contribution in [0.25, 0.3) is 10.8 Å². The van der Waals surface area contributed by atoms with Crippen LogP contribution in [0.4, 0.5) is 5.69 Å². The third-order valence-electron chi connectivity index (χ3n) is 3.82. The average Bonchev–Trinajstić information content (AvgIpc) is 2.54. The van der Waals surface area contributed by atoms with Crippen LogP contribution in [0.1, 0.15) is 33.1 Å². The van der Waals surface area contributed by atoms with Crippen molar-refractivity contribution in [3.8, 4) is 5.75 Å². The molecule has 0 aliphatic rings. The molecule has 2 aromatic carbocycles. The van der Waals surface area contributed by atoms with E-state index in [0.29, 0.717) is 17.9 Å². The zero-order valence-electron chi connectivity index (χ0n) is 13.9. The Morgan fingerprint density at radius 1 is 1.22 bits per heavy atom. The molecule has 4 nitrogen and oxygen atoms in total. The van der Waals surface area contributed by atoms with Gasteiger partial charge < -0.3 is 10.1 Å². The molecule has 0 aliphatic carbocycles. The van der Waals surface area contributed by atoms with Gasteiger partial charge in [0.05, 0.1) is 7.11 Å². The number of ether oxygens (including phenoxy) is 1. The predicted molar refractivity (Wildman–Crippen MR) is 92.8 cm³/mol. The molecule has 0 aliphatic heterocycles. The molecule has 1 N–H and O–H groups in total. The molecule has 0 radical (unpaired) electrons. The fourth-order valence-corrected chi connectivity index (χ4v) is 2.60. The van der Waals surface area contributed by atoms with Gasteiger partial charge in [0.25, 0.3) is 0 Å². The Kier molecular flexibility index (Phi) is 5.74. The van der Waals surface area contributed by atoms with Gasteiger partial charge in [-0.05, 0) is 17.9 Å². The Bertz CT molecular complexity index is 709. The van der Waals surface area contributed by atoms with Gasteiger partial charge in [0, 0.05) is 35.9 Å². The molecule has 2 rings (SSSR count). The molecule has 0 aromatic heterocycles. The molecule has 0 heterocycles. The minimum absolute atomic E-state index is 0.131. The first-order chi connectivity index (χ1) is 11.0. The third kappa shape index (κ3) is 4.31. The summed E-state index contributed by atoms with van der Waals surface area (Å²) < 4.78 is 5.40. The van der Waals surface area contributed by atoms with Crippen molar-refractivity contribution in [2.24, 2.45) is 5.92 Å². The van der Waals surface area contributed by atoms with Crippen LogP contribution in [-0.2, 0) is 9.59 Å². The molecule has 23 heavy (non-hydrogen) atoms. The van der Waals surface area contributed by atoms with E-state index in [1.54, 1.807) is 20.1 Å². The van der Waals surface area contributed by atoms with Gasteiger partial charge in [0.1, 0.15) is 11.5 Å². The number of rotatable bonds is 7. The van der Waals surface area contributed by atoms with Crippen molar-refractivity contribution in [1.82, 2.24) is 0 Å². The van der Waals surface area contributed by atoms with E-state index in [4.69, 9.17) is 4.74 Å². The minimum Gasteiger partial charge on any atom is -0.496 e. The van der Waals surface area contributed by atoms with E-state index < -0.39 is 0 Å². The number of nitrogens with one attached hydrogen (secondary N) is 1. The number of amides is 1. The fraction of sp³-hybridized carbons (Fsp3) is 0.368. The van der Waals surface area contributed by atoms with Gasteiger partial charge in [-0.3, -0.25) is 9.59 Å². The lowest BCUT2D eigenvalue weighted by Crippen LogP contribution is -2.22. The maximum Gasteiger partial charge on any atom is 0.227 e. The van der Waals surface area contributed by atoms with Crippen LogP contribution in [0.15, 0.2) is 36.4 Å². The first kappa shape index (κ1) is 17.0. The second kappa shape index (κ2) is 7.77. The summed E-state index contributed by atoms with van der Waals surface area (Å²) in [4.78, 5) is 24.0. The summed E-state index contributed by atoms with van der Waals surface area (Å²) in [5.41, 5.74) is 0.681. The Morgan fingerprint density at radius 3 is 2.65 bits per heavy atom. The van der Waals surface area contributed by atoms with Crippen molar-refractivity contribution < 1.29 is 14.3 Å². The zero-order valence-corrected chi connectivity index (χ0v) is 13.9. The summed E-state index contributed by atoms with van der Waals surface area (Å²) in [6, 6.07) is 11.6. The SMILES string of the molecule is CCCC(=O)C[C@@H](C)C(=O)Nc1cc(OC)c2ccccc2c1. The molecule has 1 atom stereocenters. The van der Waals surface area contributed by atoms with Crippen LogP contribution in [0, 0.1) is 5.92 Å². The van der Waals surface area contributed by atoms with Crippen molar-refractivity contribution >= 4 is 28.2 Å². The standard InChI is InChI=1S/C19H23NO3/c1-4-7-16(21)10-13(2)19(22)20-15-11-14-8-5-6-9-17(14)18(12-15)23-3/h5-6,8-9,11-13H,4,7,10H2,1-3H3,(H,20,22)/t13-/m1/s1. The highest BCUT2D eigenvalue weighted by Gasteiger charge is 2.17. The summed E-state index contributed by atoms with van der Waals surface area (Å²) in [6.45, 7) is 3.74. The second-order valence-corrected chi connectivity index (χ2v) is 5.78. The summed E-state index contributed by atoms with van der Waals surface area (Å²) in [6.07, 6.45) is 1.63. The van der Waals surface area contributed by atoms with Crippen LogP contribution in [0.2, 0.25) is 0 Å². The van der Waals surface area contributed by atoms with Gasteiger partial charge in [-0.1, -0.05) is 38.1 Å². The highest BCUT2D eigenvalue weighted by molar-refractivity contribution is 5.99. The monoisotopic (exact) mass is 313 g/mol. The highest BCUT2D eigenvalue weighted by atomic mass is 16.5. The van der Waals surface area contributed by atoms with E-state index in [0.717, 1.165) is 17.2 Å². The molecule has 0 fully saturated rings. The Labute approximate surface area is 136 Å². The zero-order chi connectivity index (χ0) is 16.8. The lowest BCUT2D eigenvalue weighted by atomic mass is 10.0. The molecule has 0 spiro atoms. The summed E-state index contributed by atoms with van der Waals surface area (Å²) >= 11 is 0. The summed E-state index contributed by atoms with van der Waals surface area (Å²) in [5, 5.41) is 4.88. The normalized spacial score (nSPS) is 12.0. The number of ketones is 1. The van der Waals surface area contributed by atoms with Crippen molar-refractivity contribution in [2.45, 2.75) is 33.1 Å². The highest BCUT2D eigenvalue weighted by Crippen LogP contribution is 2.30. The Hall–Kier alpha value is -2.36. The third-order valence-corrected chi connectivity index (χ3v) is 3.82. The molecule has 0 bridgehead atoms. The van der Waals surface area contributed by atoms with E-state index in [2.05, 4.69) is 5.32 Å². The average molecular weight is 313 g/mol. The topological polar surface area (TPSA) is 55.4 Å². The molecule has 0 saturated carbocycles. The first-order valence-corrected chi connectivity index (χ1v) is 7.94. The van der Waals surface area contributed by atoms with Gasteiger partial charge in [0.2, 0.25) is 5.91 Å². The number of carbonyl (C=O) groups is 2. The molecular formula is C19H23NO3. The number of anilines is 1. The number of Topliss-reactive ketones (excluding diaryl/α,β-unsaturated/α-hetero) is 1. The largest absolute Gasteiger partial charge is 0.496 e. The molecule has 4 heteroatoms. The van der Waals surface area contributed by atoms with Gasteiger partial charge >= 0.3 is 0 Å². The van der Waals surface area contributed by atoms with Crippen LogP contribution in [-0.4, -0.2) is 18.8 Å². The van der Waals surface area contributed by atoms with Crippen LogP contribution < -0.4 is 10.1 Å². The Balaban J connectivity index is 2.14.